The van der Waals surface area contributed by atoms with Gasteiger partial charge in [-0.1, -0.05) is 41.9 Å². The van der Waals surface area contributed by atoms with Gasteiger partial charge in [-0.3, -0.25) is 9.48 Å². The molecule has 2 rings (SSSR count). The van der Waals surface area contributed by atoms with Crippen molar-refractivity contribution < 1.29 is 4.79 Å². The lowest BCUT2D eigenvalue weighted by atomic mass is 10.1. The van der Waals surface area contributed by atoms with Gasteiger partial charge in [-0.25, -0.2) is 0 Å². The number of nitrogens with zero attached hydrogens (tertiary/aromatic N) is 2. The third kappa shape index (κ3) is 2.56. The zero-order valence-corrected chi connectivity index (χ0v) is 10.3. The van der Waals surface area contributed by atoms with Crippen molar-refractivity contribution in [1.29, 1.82) is 0 Å². The lowest BCUT2D eigenvalue weighted by molar-refractivity contribution is 0.0983. The summed E-state index contributed by atoms with van der Waals surface area (Å²) in [5, 5.41) is 4.48. The third-order valence-corrected chi connectivity index (χ3v) is 2.84. The van der Waals surface area contributed by atoms with Gasteiger partial charge in [0.25, 0.3) is 0 Å². The molecule has 0 amide bonds. The van der Waals surface area contributed by atoms with Gasteiger partial charge in [0.15, 0.2) is 5.78 Å². The van der Waals surface area contributed by atoms with E-state index in [-0.39, 0.29) is 5.78 Å². The van der Waals surface area contributed by atoms with Crippen LogP contribution in [0.15, 0.2) is 36.5 Å². The number of hydrogen-bond acceptors (Lipinski definition) is 2. The highest BCUT2D eigenvalue weighted by atomic mass is 35.5. The van der Waals surface area contributed by atoms with Crippen molar-refractivity contribution in [3.05, 3.63) is 52.8 Å². The first-order valence-corrected chi connectivity index (χ1v) is 5.88. The zero-order valence-electron chi connectivity index (χ0n) is 9.56. The van der Waals surface area contributed by atoms with Crippen LogP contribution in [-0.4, -0.2) is 15.6 Å². The van der Waals surface area contributed by atoms with Crippen molar-refractivity contribution in [3.8, 4) is 0 Å². The summed E-state index contributed by atoms with van der Waals surface area (Å²) in [7, 11) is 0. The quantitative estimate of drug-likeness (QED) is 0.780. The first-order chi connectivity index (χ1) is 8.22. The first-order valence-electron chi connectivity index (χ1n) is 5.50. The van der Waals surface area contributed by atoms with Crippen LogP contribution in [0.3, 0.4) is 0 Å². The SMILES string of the molecule is CCn1ncc(Cl)c1C(=O)Cc1ccccc1. The number of aryl methyl sites for hydroxylation is 1. The molecule has 17 heavy (non-hydrogen) atoms. The molecule has 0 radical (unpaired) electrons. The van der Waals surface area contributed by atoms with Crippen LogP contribution in [0.4, 0.5) is 0 Å². The Kier molecular flexibility index (Phi) is 3.59. The molecule has 0 spiro atoms. The lowest BCUT2D eigenvalue weighted by Gasteiger charge is -2.04. The van der Waals surface area contributed by atoms with E-state index in [9.17, 15) is 4.79 Å². The normalized spacial score (nSPS) is 10.5. The minimum atomic E-state index is 0.000509. The monoisotopic (exact) mass is 248 g/mol. The van der Waals surface area contributed by atoms with Crippen molar-refractivity contribution in [3.63, 3.8) is 0 Å². The van der Waals surface area contributed by atoms with E-state index in [1.807, 2.05) is 37.3 Å². The Morgan fingerprint density at radius 2 is 2.06 bits per heavy atom. The summed E-state index contributed by atoms with van der Waals surface area (Å²) in [4.78, 5) is 12.1. The molecule has 0 aliphatic rings. The van der Waals surface area contributed by atoms with Gasteiger partial charge in [-0.05, 0) is 12.5 Å². The lowest BCUT2D eigenvalue weighted by Crippen LogP contribution is -2.12. The van der Waals surface area contributed by atoms with Gasteiger partial charge in [-0.2, -0.15) is 5.10 Å². The number of hydrogen-bond donors (Lipinski definition) is 0. The Morgan fingerprint density at radius 3 is 2.71 bits per heavy atom. The Labute approximate surface area is 105 Å². The van der Waals surface area contributed by atoms with E-state index < -0.39 is 0 Å². The summed E-state index contributed by atoms with van der Waals surface area (Å²) < 4.78 is 1.63. The molecular formula is C13H13ClN2O. The maximum Gasteiger partial charge on any atom is 0.186 e. The largest absolute Gasteiger partial charge is 0.292 e. The molecule has 88 valence electrons. The van der Waals surface area contributed by atoms with Crippen LogP contribution < -0.4 is 0 Å². The number of ketones is 1. The predicted octanol–water partition coefficient (Wildman–Crippen LogP) is 2.98. The molecule has 1 aromatic heterocycles. The Bertz CT molecular complexity index is 519. The number of aromatic nitrogens is 2. The van der Waals surface area contributed by atoms with E-state index in [2.05, 4.69) is 5.10 Å². The smallest absolute Gasteiger partial charge is 0.186 e. The van der Waals surface area contributed by atoms with E-state index in [1.54, 1.807) is 4.68 Å². The highest BCUT2D eigenvalue weighted by molar-refractivity contribution is 6.33. The fourth-order valence-corrected chi connectivity index (χ4v) is 1.99. The highest BCUT2D eigenvalue weighted by Crippen LogP contribution is 2.17. The summed E-state index contributed by atoms with van der Waals surface area (Å²) >= 11 is 5.98. The van der Waals surface area contributed by atoms with Crippen LogP contribution in [0.2, 0.25) is 5.02 Å². The average Bonchev–Trinajstić information content (AvgIpc) is 2.71. The van der Waals surface area contributed by atoms with Crippen molar-refractivity contribution in [2.45, 2.75) is 19.9 Å². The topological polar surface area (TPSA) is 34.9 Å². The molecule has 4 heteroatoms. The Morgan fingerprint density at radius 1 is 1.35 bits per heavy atom. The van der Waals surface area contributed by atoms with Crippen LogP contribution in [-0.2, 0) is 13.0 Å². The standard InChI is InChI=1S/C13H13ClN2O/c1-2-16-13(11(14)9-15-16)12(17)8-10-6-4-3-5-7-10/h3-7,9H,2,8H2,1H3. The highest BCUT2D eigenvalue weighted by Gasteiger charge is 2.16. The zero-order chi connectivity index (χ0) is 12.3. The number of Topliss-reactive ketones (excluding diaryl/α,β-unsaturated/α-hetero) is 1. The molecule has 0 aliphatic heterocycles. The van der Waals surface area contributed by atoms with E-state index in [1.165, 1.54) is 6.20 Å². The number of benzene rings is 1. The van der Waals surface area contributed by atoms with Gasteiger partial charge < -0.3 is 0 Å². The minimum absolute atomic E-state index is 0.000509. The Balaban J connectivity index is 2.23. The molecule has 0 bridgehead atoms. The number of halogens is 1. The Hall–Kier alpha value is -1.61. The van der Waals surface area contributed by atoms with Crippen LogP contribution >= 0.6 is 11.6 Å². The fraction of sp³-hybridized carbons (Fsp3) is 0.231. The molecule has 0 aliphatic carbocycles. The first kappa shape index (κ1) is 11.9. The van der Waals surface area contributed by atoms with Crippen molar-refractivity contribution in [1.82, 2.24) is 9.78 Å². The average molecular weight is 249 g/mol. The fourth-order valence-electron chi connectivity index (χ4n) is 1.74. The van der Waals surface area contributed by atoms with Crippen molar-refractivity contribution in [2.24, 2.45) is 0 Å². The second-order valence-electron chi connectivity index (χ2n) is 3.74. The predicted molar refractivity (Wildman–Crippen MR) is 67.4 cm³/mol. The van der Waals surface area contributed by atoms with Gasteiger partial charge in [0.1, 0.15) is 5.69 Å². The van der Waals surface area contributed by atoms with Crippen LogP contribution in [0.5, 0.6) is 0 Å². The summed E-state index contributed by atoms with van der Waals surface area (Å²) in [6.07, 6.45) is 1.87. The molecule has 0 fully saturated rings. The number of carbonyl (C=O) groups excluding carboxylic acids is 1. The summed E-state index contributed by atoms with van der Waals surface area (Å²) in [5.74, 6) is 0.000509. The van der Waals surface area contributed by atoms with Crippen molar-refractivity contribution in [2.75, 3.05) is 0 Å². The molecule has 0 saturated carbocycles. The second-order valence-corrected chi connectivity index (χ2v) is 4.15. The summed E-state index contributed by atoms with van der Waals surface area (Å²) in [5.41, 5.74) is 1.48. The molecule has 1 heterocycles. The molecule has 0 saturated heterocycles. The second kappa shape index (κ2) is 5.15. The van der Waals surface area contributed by atoms with Gasteiger partial charge in [-0.15, -0.1) is 0 Å². The van der Waals surface area contributed by atoms with Gasteiger partial charge in [0.05, 0.1) is 11.2 Å². The molecule has 2 aromatic rings. The van der Waals surface area contributed by atoms with E-state index in [0.29, 0.717) is 23.7 Å². The molecule has 1 aromatic carbocycles. The van der Waals surface area contributed by atoms with E-state index >= 15 is 0 Å². The summed E-state index contributed by atoms with van der Waals surface area (Å²) in [6, 6.07) is 9.62. The van der Waals surface area contributed by atoms with Crippen molar-refractivity contribution >= 4 is 17.4 Å². The van der Waals surface area contributed by atoms with Gasteiger partial charge >= 0.3 is 0 Å². The third-order valence-electron chi connectivity index (χ3n) is 2.57. The number of carbonyl (C=O) groups is 1. The van der Waals surface area contributed by atoms with E-state index in [4.69, 9.17) is 11.6 Å². The minimum Gasteiger partial charge on any atom is -0.292 e. The molecular weight excluding hydrogens is 236 g/mol. The van der Waals surface area contributed by atoms with Crippen LogP contribution in [0.25, 0.3) is 0 Å². The number of rotatable bonds is 4. The molecule has 3 nitrogen and oxygen atoms in total. The van der Waals surface area contributed by atoms with Crippen LogP contribution in [0.1, 0.15) is 23.0 Å². The maximum absolute atomic E-state index is 12.1. The van der Waals surface area contributed by atoms with E-state index in [0.717, 1.165) is 5.56 Å². The van der Waals surface area contributed by atoms with Gasteiger partial charge in [0, 0.05) is 13.0 Å². The maximum atomic E-state index is 12.1. The summed E-state index contributed by atoms with van der Waals surface area (Å²) in [6.45, 7) is 2.57. The van der Waals surface area contributed by atoms with Gasteiger partial charge in [0.2, 0.25) is 0 Å². The molecule has 0 unspecified atom stereocenters. The molecule has 0 N–H and O–H groups in total. The molecule has 0 atom stereocenters. The van der Waals surface area contributed by atoms with Crippen LogP contribution in [0, 0.1) is 0 Å².